The van der Waals surface area contributed by atoms with Crippen LogP contribution in [-0.4, -0.2) is 29.6 Å². The van der Waals surface area contributed by atoms with E-state index < -0.39 is 0 Å². The summed E-state index contributed by atoms with van der Waals surface area (Å²) in [5.41, 5.74) is 1.07. The molecule has 3 rings (SSSR count). The normalized spacial score (nSPS) is 18.3. The maximum atomic E-state index is 12.8. The lowest BCUT2D eigenvalue weighted by atomic mass is 10.1. The van der Waals surface area contributed by atoms with Crippen molar-refractivity contribution >= 4 is 6.03 Å². The molecule has 2 unspecified atom stereocenters. The van der Waals surface area contributed by atoms with E-state index in [4.69, 9.17) is 9.15 Å². The molecule has 134 valence electrons. The number of furan rings is 1. The minimum atomic E-state index is -0.0455. The second-order valence-corrected chi connectivity index (χ2v) is 6.28. The molecule has 2 aromatic rings. The van der Waals surface area contributed by atoms with Gasteiger partial charge in [0.15, 0.2) is 0 Å². The molecule has 1 aliphatic rings. The highest BCUT2D eigenvalue weighted by atomic mass is 16.5. The number of likely N-dealkylation sites (tertiary alicyclic amines) is 1. The Morgan fingerprint density at radius 3 is 2.92 bits per heavy atom. The molecular formula is C19H25N3O3. The van der Waals surface area contributed by atoms with Gasteiger partial charge in [0, 0.05) is 26.0 Å². The third-order valence-corrected chi connectivity index (χ3v) is 4.63. The number of pyridine rings is 1. The molecule has 0 aliphatic carbocycles. The van der Waals surface area contributed by atoms with Crippen LogP contribution in [-0.2, 0) is 11.3 Å². The van der Waals surface area contributed by atoms with Gasteiger partial charge in [0.1, 0.15) is 18.1 Å². The fourth-order valence-corrected chi connectivity index (χ4v) is 3.35. The number of hydrogen-bond acceptors (Lipinski definition) is 4. The number of rotatable bonds is 6. The first kappa shape index (κ1) is 17.5. The quantitative estimate of drug-likeness (QED) is 0.866. The van der Waals surface area contributed by atoms with Gasteiger partial charge in [-0.2, -0.15) is 0 Å². The minimum absolute atomic E-state index is 0.0134. The van der Waals surface area contributed by atoms with Crippen LogP contribution in [0.1, 0.15) is 55.4 Å². The molecule has 2 amide bonds. The molecule has 0 saturated carbocycles. The first-order valence-corrected chi connectivity index (χ1v) is 8.77. The summed E-state index contributed by atoms with van der Waals surface area (Å²) in [5.74, 6) is 1.62. The zero-order valence-corrected chi connectivity index (χ0v) is 14.8. The molecular weight excluding hydrogens is 318 g/mol. The van der Waals surface area contributed by atoms with Gasteiger partial charge in [-0.15, -0.1) is 0 Å². The van der Waals surface area contributed by atoms with Gasteiger partial charge in [-0.3, -0.25) is 4.98 Å². The summed E-state index contributed by atoms with van der Waals surface area (Å²) in [6.07, 6.45) is 6.23. The predicted molar refractivity (Wildman–Crippen MR) is 93.9 cm³/mol. The summed E-state index contributed by atoms with van der Waals surface area (Å²) in [4.78, 5) is 18.8. The van der Waals surface area contributed by atoms with Crippen LogP contribution in [0.4, 0.5) is 4.79 Å². The van der Waals surface area contributed by atoms with E-state index in [-0.39, 0.29) is 18.1 Å². The van der Waals surface area contributed by atoms with Crippen LogP contribution in [0.15, 0.2) is 41.1 Å². The van der Waals surface area contributed by atoms with Gasteiger partial charge in [-0.05, 0) is 49.1 Å². The highest BCUT2D eigenvalue weighted by Crippen LogP contribution is 2.33. The number of methoxy groups -OCH3 is 1. The fraction of sp³-hybridized carbons (Fsp3) is 0.474. The van der Waals surface area contributed by atoms with E-state index in [9.17, 15) is 4.79 Å². The van der Waals surface area contributed by atoms with E-state index in [1.54, 1.807) is 19.5 Å². The number of ether oxygens (including phenoxy) is 1. The highest BCUT2D eigenvalue weighted by Gasteiger charge is 2.33. The molecule has 1 saturated heterocycles. The Labute approximate surface area is 148 Å². The average molecular weight is 343 g/mol. The van der Waals surface area contributed by atoms with Crippen molar-refractivity contribution in [2.45, 2.75) is 44.9 Å². The van der Waals surface area contributed by atoms with Crippen molar-refractivity contribution in [2.24, 2.45) is 0 Å². The summed E-state index contributed by atoms with van der Waals surface area (Å²) in [7, 11) is 1.64. The first-order chi connectivity index (χ1) is 12.2. The molecule has 2 atom stereocenters. The zero-order valence-electron chi connectivity index (χ0n) is 14.8. The molecule has 0 bridgehead atoms. The second-order valence-electron chi connectivity index (χ2n) is 6.28. The van der Waals surface area contributed by atoms with Gasteiger partial charge >= 0.3 is 6.03 Å². The topological polar surface area (TPSA) is 67.6 Å². The van der Waals surface area contributed by atoms with Gasteiger partial charge in [0.2, 0.25) is 0 Å². The van der Waals surface area contributed by atoms with Crippen molar-refractivity contribution in [3.05, 3.63) is 53.7 Å². The molecule has 3 heterocycles. The monoisotopic (exact) mass is 343 g/mol. The molecule has 0 spiro atoms. The van der Waals surface area contributed by atoms with Crippen molar-refractivity contribution in [1.82, 2.24) is 15.2 Å². The molecule has 6 nitrogen and oxygen atoms in total. The van der Waals surface area contributed by atoms with Gasteiger partial charge in [-0.1, -0.05) is 6.92 Å². The van der Waals surface area contributed by atoms with Crippen molar-refractivity contribution in [1.29, 1.82) is 0 Å². The van der Waals surface area contributed by atoms with Gasteiger partial charge in [0.25, 0.3) is 0 Å². The zero-order chi connectivity index (χ0) is 17.6. The summed E-state index contributed by atoms with van der Waals surface area (Å²) < 4.78 is 11.0. The first-order valence-electron chi connectivity index (χ1n) is 8.77. The lowest BCUT2D eigenvalue weighted by Crippen LogP contribution is -2.41. The third-order valence-electron chi connectivity index (χ3n) is 4.63. The fourth-order valence-electron chi connectivity index (χ4n) is 3.35. The Kier molecular flexibility index (Phi) is 5.71. The number of nitrogens with zero attached hydrogens (tertiary/aromatic N) is 2. The summed E-state index contributed by atoms with van der Waals surface area (Å²) in [6.45, 7) is 3.25. The predicted octanol–water partition coefficient (Wildman–Crippen LogP) is 3.82. The number of nitrogens with one attached hydrogen (secondary N) is 1. The van der Waals surface area contributed by atoms with Crippen molar-refractivity contribution in [2.75, 3.05) is 13.7 Å². The van der Waals surface area contributed by atoms with E-state index in [2.05, 4.69) is 17.2 Å². The van der Waals surface area contributed by atoms with E-state index in [0.29, 0.717) is 6.61 Å². The number of hydrogen-bond donors (Lipinski definition) is 1. The number of urea groups is 1. The largest absolute Gasteiger partial charge is 0.461 e. The number of amides is 2. The Hall–Kier alpha value is -2.34. The maximum Gasteiger partial charge on any atom is 0.318 e. The Morgan fingerprint density at radius 2 is 2.20 bits per heavy atom. The van der Waals surface area contributed by atoms with Gasteiger partial charge < -0.3 is 19.4 Å². The third kappa shape index (κ3) is 4.02. The van der Waals surface area contributed by atoms with Crippen LogP contribution in [0, 0.1) is 0 Å². The van der Waals surface area contributed by atoms with E-state index in [0.717, 1.165) is 42.9 Å². The van der Waals surface area contributed by atoms with Crippen molar-refractivity contribution in [3.63, 3.8) is 0 Å². The summed E-state index contributed by atoms with van der Waals surface area (Å²) in [5, 5.41) is 3.15. The number of carbonyl (C=O) groups excluding carboxylic acids is 1. The Balaban J connectivity index is 1.69. The standard InChI is InChI=1S/C19H25N3O3/c1-3-16(14-8-10-20-11-9-14)21-19(23)22-12-4-5-17(22)18-7-6-15(25-18)13-24-2/h6-11,16-17H,3-5,12-13H2,1-2H3,(H,21,23). The van der Waals surface area contributed by atoms with E-state index in [1.165, 1.54) is 0 Å². The lowest BCUT2D eigenvalue weighted by molar-refractivity contribution is 0.155. The van der Waals surface area contributed by atoms with Gasteiger partial charge in [-0.25, -0.2) is 4.79 Å². The van der Waals surface area contributed by atoms with E-state index in [1.807, 2.05) is 29.2 Å². The molecule has 1 fully saturated rings. The molecule has 6 heteroatoms. The second kappa shape index (κ2) is 8.16. The Bertz CT molecular complexity index is 686. The number of carbonyl (C=O) groups is 1. The summed E-state index contributed by atoms with van der Waals surface area (Å²) in [6, 6.07) is 7.68. The highest BCUT2D eigenvalue weighted by molar-refractivity contribution is 5.75. The van der Waals surface area contributed by atoms with Crippen molar-refractivity contribution < 1.29 is 13.9 Å². The van der Waals surface area contributed by atoms with E-state index >= 15 is 0 Å². The van der Waals surface area contributed by atoms with Crippen LogP contribution < -0.4 is 5.32 Å². The Morgan fingerprint density at radius 1 is 1.40 bits per heavy atom. The molecule has 2 aromatic heterocycles. The van der Waals surface area contributed by atoms with Crippen LogP contribution in [0.3, 0.4) is 0 Å². The van der Waals surface area contributed by atoms with Crippen LogP contribution in [0.25, 0.3) is 0 Å². The minimum Gasteiger partial charge on any atom is -0.461 e. The number of aromatic nitrogens is 1. The van der Waals surface area contributed by atoms with Crippen LogP contribution in [0.5, 0.6) is 0 Å². The van der Waals surface area contributed by atoms with Gasteiger partial charge in [0.05, 0.1) is 12.1 Å². The molecule has 0 aromatic carbocycles. The van der Waals surface area contributed by atoms with Crippen LogP contribution in [0.2, 0.25) is 0 Å². The average Bonchev–Trinajstić information content (AvgIpc) is 3.29. The van der Waals surface area contributed by atoms with Crippen molar-refractivity contribution in [3.8, 4) is 0 Å². The molecule has 25 heavy (non-hydrogen) atoms. The summed E-state index contributed by atoms with van der Waals surface area (Å²) >= 11 is 0. The molecule has 0 radical (unpaired) electrons. The van der Waals surface area contributed by atoms with Crippen LogP contribution >= 0.6 is 0 Å². The molecule has 1 N–H and O–H groups in total. The smallest absolute Gasteiger partial charge is 0.318 e. The SMILES string of the molecule is CCC(NC(=O)N1CCCC1c1ccc(COC)o1)c1ccncc1. The lowest BCUT2D eigenvalue weighted by Gasteiger charge is -2.26. The maximum absolute atomic E-state index is 12.8. The molecule has 1 aliphatic heterocycles.